The van der Waals surface area contributed by atoms with E-state index in [1.807, 2.05) is 0 Å². The zero-order valence-corrected chi connectivity index (χ0v) is 10.2. The molecule has 0 aromatic carbocycles. The van der Waals surface area contributed by atoms with Crippen LogP contribution in [0.3, 0.4) is 0 Å². The van der Waals surface area contributed by atoms with Gasteiger partial charge in [-0.3, -0.25) is 4.90 Å². The molecule has 1 saturated heterocycles. The molecule has 0 radical (unpaired) electrons. The normalized spacial score (nSPS) is 28.3. The molecule has 1 aliphatic rings. The van der Waals surface area contributed by atoms with Crippen molar-refractivity contribution in [3.63, 3.8) is 0 Å². The van der Waals surface area contributed by atoms with Crippen LogP contribution >= 0.6 is 0 Å². The van der Waals surface area contributed by atoms with Crippen molar-refractivity contribution in [3.8, 4) is 0 Å². The highest BCUT2D eigenvalue weighted by Gasteiger charge is 2.35. The number of rotatable bonds is 3. The minimum absolute atomic E-state index is 0.202. The van der Waals surface area contributed by atoms with Crippen molar-refractivity contribution in [3.05, 3.63) is 0 Å². The van der Waals surface area contributed by atoms with Gasteiger partial charge in [-0.15, -0.1) is 0 Å². The van der Waals surface area contributed by atoms with Gasteiger partial charge in [0.15, 0.2) is 0 Å². The highest BCUT2D eigenvalue weighted by molar-refractivity contribution is 4.95. The van der Waals surface area contributed by atoms with E-state index >= 15 is 0 Å². The predicted octanol–water partition coefficient (Wildman–Crippen LogP) is 2.23. The van der Waals surface area contributed by atoms with E-state index in [0.717, 1.165) is 5.92 Å². The Hall–Kier alpha value is -0.0800. The van der Waals surface area contributed by atoms with Crippen molar-refractivity contribution < 1.29 is 0 Å². The molecule has 2 N–H and O–H groups in total. The summed E-state index contributed by atoms with van der Waals surface area (Å²) in [5, 5.41) is 0. The molecule has 1 unspecified atom stereocenters. The Kier molecular flexibility index (Phi) is 3.96. The van der Waals surface area contributed by atoms with Crippen molar-refractivity contribution in [2.75, 3.05) is 13.1 Å². The molecule has 1 aliphatic heterocycles. The fraction of sp³-hybridized carbons (Fsp3) is 1.00. The van der Waals surface area contributed by atoms with Crippen LogP contribution in [0.25, 0.3) is 0 Å². The number of piperidine rings is 1. The van der Waals surface area contributed by atoms with E-state index in [1.54, 1.807) is 0 Å². The van der Waals surface area contributed by atoms with E-state index in [4.69, 9.17) is 5.73 Å². The Balaban J connectivity index is 2.49. The van der Waals surface area contributed by atoms with Gasteiger partial charge in [0.1, 0.15) is 0 Å². The first-order chi connectivity index (χ1) is 6.44. The van der Waals surface area contributed by atoms with Gasteiger partial charge < -0.3 is 5.73 Å². The molecule has 1 heterocycles. The average molecular weight is 198 g/mol. The lowest BCUT2D eigenvalue weighted by molar-refractivity contribution is 0.0534. The van der Waals surface area contributed by atoms with Gasteiger partial charge in [-0.25, -0.2) is 0 Å². The van der Waals surface area contributed by atoms with E-state index < -0.39 is 0 Å². The van der Waals surface area contributed by atoms with Gasteiger partial charge in [0, 0.05) is 11.6 Å². The maximum absolute atomic E-state index is 6.17. The molecule has 1 fully saturated rings. The molecule has 0 aliphatic carbocycles. The summed E-state index contributed by atoms with van der Waals surface area (Å²) in [6.07, 6.45) is 3.74. The van der Waals surface area contributed by atoms with Crippen LogP contribution in [0.15, 0.2) is 0 Å². The standard InChI is InChI=1S/C12H26N2/c1-10(2)7-9-14-8-5-6-11(13)12(14,3)4/h10-11H,5-9,13H2,1-4H3. The van der Waals surface area contributed by atoms with E-state index in [2.05, 4.69) is 32.6 Å². The molecule has 2 nitrogen and oxygen atoms in total. The third-order valence-electron chi connectivity index (χ3n) is 3.64. The zero-order chi connectivity index (χ0) is 10.8. The van der Waals surface area contributed by atoms with Gasteiger partial charge >= 0.3 is 0 Å². The SMILES string of the molecule is CC(C)CCN1CCCC(N)C1(C)C. The summed E-state index contributed by atoms with van der Waals surface area (Å²) in [5.74, 6) is 0.795. The number of hydrogen-bond donors (Lipinski definition) is 1. The fourth-order valence-electron chi connectivity index (χ4n) is 2.19. The van der Waals surface area contributed by atoms with Gasteiger partial charge in [0.25, 0.3) is 0 Å². The van der Waals surface area contributed by atoms with Gasteiger partial charge in [-0.1, -0.05) is 13.8 Å². The van der Waals surface area contributed by atoms with Gasteiger partial charge in [0.05, 0.1) is 0 Å². The molecule has 1 atom stereocenters. The molecule has 0 spiro atoms. The Morgan fingerprint density at radius 3 is 2.64 bits per heavy atom. The maximum Gasteiger partial charge on any atom is 0.0304 e. The van der Waals surface area contributed by atoms with Gasteiger partial charge in [-0.2, -0.15) is 0 Å². The second kappa shape index (κ2) is 4.63. The summed E-state index contributed by atoms with van der Waals surface area (Å²) in [4.78, 5) is 2.57. The number of likely N-dealkylation sites (tertiary alicyclic amines) is 1. The Bertz CT molecular complexity index is 175. The Morgan fingerprint density at radius 1 is 1.43 bits per heavy atom. The zero-order valence-electron chi connectivity index (χ0n) is 10.2. The monoisotopic (exact) mass is 198 g/mol. The van der Waals surface area contributed by atoms with Crippen LogP contribution in [0.1, 0.15) is 47.0 Å². The van der Waals surface area contributed by atoms with Crippen molar-refractivity contribution in [1.82, 2.24) is 4.90 Å². The number of hydrogen-bond acceptors (Lipinski definition) is 2. The molecular formula is C12H26N2. The summed E-state index contributed by atoms with van der Waals surface area (Å²) in [6.45, 7) is 11.6. The molecule has 0 aromatic heterocycles. The number of nitrogens with two attached hydrogens (primary N) is 1. The van der Waals surface area contributed by atoms with Crippen molar-refractivity contribution >= 4 is 0 Å². The van der Waals surface area contributed by atoms with Crippen LogP contribution in [0, 0.1) is 5.92 Å². The smallest absolute Gasteiger partial charge is 0.0304 e. The van der Waals surface area contributed by atoms with E-state index in [0.29, 0.717) is 6.04 Å². The first kappa shape index (κ1) is 12.0. The van der Waals surface area contributed by atoms with Gasteiger partial charge in [-0.05, 0) is 52.1 Å². The number of nitrogens with zero attached hydrogens (tertiary/aromatic N) is 1. The third kappa shape index (κ3) is 2.71. The quantitative estimate of drug-likeness (QED) is 0.753. The van der Waals surface area contributed by atoms with Gasteiger partial charge in [0.2, 0.25) is 0 Å². The summed E-state index contributed by atoms with van der Waals surface area (Å²) in [6, 6.07) is 0.350. The molecular weight excluding hydrogens is 172 g/mol. The molecule has 2 heteroatoms. The Morgan fingerprint density at radius 2 is 2.07 bits per heavy atom. The molecule has 0 bridgehead atoms. The molecule has 0 saturated carbocycles. The molecule has 0 amide bonds. The third-order valence-corrected chi connectivity index (χ3v) is 3.64. The van der Waals surface area contributed by atoms with Crippen LogP contribution < -0.4 is 5.73 Å². The largest absolute Gasteiger partial charge is 0.326 e. The molecule has 0 aromatic rings. The summed E-state index contributed by atoms with van der Waals surface area (Å²) in [5.41, 5.74) is 6.37. The van der Waals surface area contributed by atoms with Crippen molar-refractivity contribution in [2.24, 2.45) is 11.7 Å². The Labute approximate surface area is 88.8 Å². The second-order valence-corrected chi connectivity index (χ2v) is 5.57. The topological polar surface area (TPSA) is 29.3 Å². The average Bonchev–Trinajstić information content (AvgIpc) is 2.07. The molecule has 1 rings (SSSR count). The lowest BCUT2D eigenvalue weighted by atomic mass is 9.85. The first-order valence-corrected chi connectivity index (χ1v) is 5.95. The van der Waals surface area contributed by atoms with Crippen LogP contribution in [0.2, 0.25) is 0 Å². The van der Waals surface area contributed by atoms with Crippen LogP contribution in [-0.2, 0) is 0 Å². The highest BCUT2D eigenvalue weighted by atomic mass is 15.2. The van der Waals surface area contributed by atoms with E-state index in [9.17, 15) is 0 Å². The van der Waals surface area contributed by atoms with Crippen LogP contribution in [0.4, 0.5) is 0 Å². The highest BCUT2D eigenvalue weighted by Crippen LogP contribution is 2.26. The lowest BCUT2D eigenvalue weighted by Gasteiger charge is -2.47. The minimum atomic E-state index is 0.202. The summed E-state index contributed by atoms with van der Waals surface area (Å²) in [7, 11) is 0. The van der Waals surface area contributed by atoms with Crippen molar-refractivity contribution in [2.45, 2.75) is 58.5 Å². The lowest BCUT2D eigenvalue weighted by Crippen LogP contribution is -2.59. The van der Waals surface area contributed by atoms with Crippen LogP contribution in [-0.4, -0.2) is 29.6 Å². The van der Waals surface area contributed by atoms with Crippen molar-refractivity contribution in [1.29, 1.82) is 0 Å². The first-order valence-electron chi connectivity index (χ1n) is 5.95. The maximum atomic E-state index is 6.17. The summed E-state index contributed by atoms with van der Waals surface area (Å²) >= 11 is 0. The van der Waals surface area contributed by atoms with E-state index in [-0.39, 0.29) is 5.54 Å². The van der Waals surface area contributed by atoms with Crippen LogP contribution in [0.5, 0.6) is 0 Å². The fourth-order valence-corrected chi connectivity index (χ4v) is 2.19. The molecule has 14 heavy (non-hydrogen) atoms. The second-order valence-electron chi connectivity index (χ2n) is 5.57. The summed E-state index contributed by atoms with van der Waals surface area (Å²) < 4.78 is 0. The predicted molar refractivity (Wildman–Crippen MR) is 62.3 cm³/mol. The molecule has 84 valence electrons. The minimum Gasteiger partial charge on any atom is -0.326 e. The van der Waals surface area contributed by atoms with E-state index in [1.165, 1.54) is 32.4 Å².